The van der Waals surface area contributed by atoms with E-state index in [1.54, 1.807) is 13.0 Å². The average Bonchev–Trinajstić information content (AvgIpc) is 2.94. The number of rotatable bonds is 5. The number of hydrogen-bond donors (Lipinski definition) is 2. The maximum Gasteiger partial charge on any atom is 0.226 e. The number of fused-ring (bicyclic) bond motifs is 1. The first kappa shape index (κ1) is 16.7. The van der Waals surface area contributed by atoms with E-state index in [1.165, 1.54) is 11.1 Å². The fourth-order valence-corrected chi connectivity index (χ4v) is 3.41. The van der Waals surface area contributed by atoms with Crippen LogP contribution >= 0.6 is 0 Å². The zero-order chi connectivity index (χ0) is 17.2. The number of nitrogens with zero attached hydrogens (tertiary/aromatic N) is 1. The molecule has 0 saturated carbocycles. The summed E-state index contributed by atoms with van der Waals surface area (Å²) in [7, 11) is 0. The Morgan fingerprint density at radius 1 is 1.38 bits per heavy atom. The van der Waals surface area contributed by atoms with Gasteiger partial charge in [0.25, 0.3) is 0 Å². The van der Waals surface area contributed by atoms with Gasteiger partial charge in [-0.25, -0.2) is 0 Å². The van der Waals surface area contributed by atoms with Crippen LogP contribution in [-0.2, 0) is 11.2 Å². The molecular weight excluding hydrogens is 302 g/mol. The van der Waals surface area contributed by atoms with Gasteiger partial charge in [0, 0.05) is 25.1 Å². The lowest BCUT2D eigenvalue weighted by molar-refractivity contribution is -0.116. The Morgan fingerprint density at radius 3 is 2.92 bits per heavy atom. The van der Waals surface area contributed by atoms with E-state index in [0.717, 1.165) is 12.8 Å². The molecule has 1 aromatic heterocycles. The molecule has 24 heavy (non-hydrogen) atoms. The van der Waals surface area contributed by atoms with Gasteiger partial charge >= 0.3 is 0 Å². The summed E-state index contributed by atoms with van der Waals surface area (Å²) >= 11 is 0. The van der Waals surface area contributed by atoms with Crippen molar-refractivity contribution in [2.24, 2.45) is 5.41 Å². The van der Waals surface area contributed by atoms with Gasteiger partial charge < -0.3 is 15.2 Å². The molecule has 1 atom stereocenters. The summed E-state index contributed by atoms with van der Waals surface area (Å²) < 4.78 is 4.95. The summed E-state index contributed by atoms with van der Waals surface area (Å²) in [5.41, 5.74) is 2.95. The molecule has 0 radical (unpaired) electrons. The Kier molecular flexibility index (Phi) is 4.71. The second-order valence-corrected chi connectivity index (χ2v) is 7.20. The smallest absolute Gasteiger partial charge is 0.226 e. The summed E-state index contributed by atoms with van der Waals surface area (Å²) in [4.78, 5) is 12.0. The van der Waals surface area contributed by atoms with E-state index in [0.29, 0.717) is 24.5 Å². The number of carbonyl (C=O) groups excluding carboxylic acids is 1. The van der Waals surface area contributed by atoms with Crippen LogP contribution in [0.3, 0.4) is 0 Å². The minimum atomic E-state index is -0.0577. The molecule has 0 unspecified atom stereocenters. The van der Waals surface area contributed by atoms with Crippen LogP contribution < -0.4 is 10.6 Å². The number of aryl methyl sites for hydroxylation is 2. The summed E-state index contributed by atoms with van der Waals surface area (Å²) in [5.74, 6) is 1.10. The van der Waals surface area contributed by atoms with E-state index in [9.17, 15) is 4.79 Å². The van der Waals surface area contributed by atoms with Crippen molar-refractivity contribution in [1.82, 2.24) is 10.5 Å². The molecule has 1 heterocycles. The van der Waals surface area contributed by atoms with Crippen molar-refractivity contribution in [2.45, 2.75) is 46.1 Å². The number of aromatic nitrogens is 1. The lowest BCUT2D eigenvalue weighted by atomic mass is 9.70. The number of nitrogens with one attached hydrogen (secondary N) is 2. The molecule has 2 N–H and O–H groups in total. The van der Waals surface area contributed by atoms with Crippen LogP contribution in [0.2, 0.25) is 0 Å². The minimum absolute atomic E-state index is 0.0577. The van der Waals surface area contributed by atoms with Crippen LogP contribution in [0.1, 0.15) is 49.6 Å². The Hall–Kier alpha value is -2.14. The highest BCUT2D eigenvalue weighted by atomic mass is 16.5. The van der Waals surface area contributed by atoms with Crippen molar-refractivity contribution in [1.29, 1.82) is 0 Å². The monoisotopic (exact) mass is 327 g/mol. The maximum atomic E-state index is 12.0. The zero-order valence-corrected chi connectivity index (χ0v) is 14.6. The molecule has 2 aromatic rings. The van der Waals surface area contributed by atoms with E-state index < -0.39 is 0 Å². The first-order valence-corrected chi connectivity index (χ1v) is 8.50. The normalized spacial score (nSPS) is 18.9. The van der Waals surface area contributed by atoms with Crippen LogP contribution in [-0.4, -0.2) is 17.6 Å². The molecule has 1 aliphatic rings. The SMILES string of the molecule is Cc1cc(NC(=O)CCN[C@@H]2c3ccccc3CCC2(C)C)no1. The molecule has 128 valence electrons. The molecule has 1 aliphatic carbocycles. The van der Waals surface area contributed by atoms with Crippen LogP contribution in [0.4, 0.5) is 5.82 Å². The van der Waals surface area contributed by atoms with Gasteiger partial charge in [0.2, 0.25) is 5.91 Å². The lowest BCUT2D eigenvalue weighted by Crippen LogP contribution is -2.39. The number of amides is 1. The van der Waals surface area contributed by atoms with Crippen molar-refractivity contribution < 1.29 is 9.32 Å². The highest BCUT2D eigenvalue weighted by Crippen LogP contribution is 2.43. The quantitative estimate of drug-likeness (QED) is 0.880. The molecule has 5 nitrogen and oxygen atoms in total. The van der Waals surface area contributed by atoms with E-state index in [1.807, 2.05) is 0 Å². The van der Waals surface area contributed by atoms with E-state index in [4.69, 9.17) is 4.52 Å². The fourth-order valence-electron chi connectivity index (χ4n) is 3.41. The highest BCUT2D eigenvalue weighted by Gasteiger charge is 2.35. The standard InChI is InChI=1S/C19H25N3O2/c1-13-12-16(22-24-13)21-17(23)9-11-20-18-15-7-5-4-6-14(15)8-10-19(18,2)3/h4-7,12,18,20H,8-11H2,1-3H3,(H,21,22,23)/t18-/m1/s1. The van der Waals surface area contributed by atoms with Crippen LogP contribution in [0, 0.1) is 12.3 Å². The molecule has 1 amide bonds. The third-order valence-corrected chi connectivity index (χ3v) is 4.78. The van der Waals surface area contributed by atoms with Crippen molar-refractivity contribution in [3.8, 4) is 0 Å². The summed E-state index contributed by atoms with van der Waals surface area (Å²) in [5, 5.41) is 10.1. The van der Waals surface area contributed by atoms with Gasteiger partial charge in [-0.05, 0) is 36.3 Å². The first-order valence-electron chi connectivity index (χ1n) is 8.50. The lowest BCUT2D eigenvalue weighted by Gasteiger charge is -2.40. The van der Waals surface area contributed by atoms with Crippen LogP contribution in [0.25, 0.3) is 0 Å². The van der Waals surface area contributed by atoms with E-state index in [-0.39, 0.29) is 17.4 Å². The third kappa shape index (κ3) is 3.67. The molecule has 1 aromatic carbocycles. The Labute approximate surface area is 142 Å². The summed E-state index contributed by atoms with van der Waals surface area (Å²) in [6.45, 7) is 7.01. The molecule has 3 rings (SSSR count). The first-order chi connectivity index (χ1) is 11.5. The van der Waals surface area contributed by atoms with E-state index >= 15 is 0 Å². The van der Waals surface area contributed by atoms with Crippen molar-refractivity contribution in [3.63, 3.8) is 0 Å². The second kappa shape index (κ2) is 6.77. The number of carbonyl (C=O) groups is 1. The predicted molar refractivity (Wildman–Crippen MR) is 93.8 cm³/mol. The Balaban J connectivity index is 1.58. The molecule has 5 heteroatoms. The minimum Gasteiger partial charge on any atom is -0.360 e. The topological polar surface area (TPSA) is 67.2 Å². The summed E-state index contributed by atoms with van der Waals surface area (Å²) in [6.07, 6.45) is 2.67. The zero-order valence-electron chi connectivity index (χ0n) is 14.6. The fraction of sp³-hybridized carbons (Fsp3) is 0.474. The highest BCUT2D eigenvalue weighted by molar-refractivity contribution is 5.89. The largest absolute Gasteiger partial charge is 0.360 e. The molecule has 0 fully saturated rings. The number of hydrogen-bond acceptors (Lipinski definition) is 4. The molecular formula is C19H25N3O2. The second-order valence-electron chi connectivity index (χ2n) is 7.20. The van der Waals surface area contributed by atoms with Gasteiger partial charge in [0.05, 0.1) is 0 Å². The van der Waals surface area contributed by atoms with Crippen molar-refractivity contribution in [2.75, 3.05) is 11.9 Å². The Morgan fingerprint density at radius 2 is 2.17 bits per heavy atom. The number of benzene rings is 1. The molecule has 0 spiro atoms. The summed E-state index contributed by atoms with van der Waals surface area (Å²) in [6, 6.07) is 10.6. The van der Waals surface area contributed by atoms with Gasteiger partial charge in [-0.1, -0.05) is 43.3 Å². The maximum absolute atomic E-state index is 12.0. The molecule has 0 aliphatic heterocycles. The van der Waals surface area contributed by atoms with Crippen molar-refractivity contribution in [3.05, 3.63) is 47.2 Å². The van der Waals surface area contributed by atoms with Crippen molar-refractivity contribution >= 4 is 11.7 Å². The van der Waals surface area contributed by atoms with Gasteiger partial charge in [-0.15, -0.1) is 0 Å². The van der Waals surface area contributed by atoms with Gasteiger partial charge in [-0.2, -0.15) is 0 Å². The average molecular weight is 327 g/mol. The van der Waals surface area contributed by atoms with Gasteiger partial charge in [0.15, 0.2) is 5.82 Å². The molecule has 0 bridgehead atoms. The van der Waals surface area contributed by atoms with Gasteiger partial charge in [-0.3, -0.25) is 4.79 Å². The molecule has 0 saturated heterocycles. The van der Waals surface area contributed by atoms with Crippen LogP contribution in [0.15, 0.2) is 34.9 Å². The van der Waals surface area contributed by atoms with E-state index in [2.05, 4.69) is 53.9 Å². The van der Waals surface area contributed by atoms with Crippen LogP contribution in [0.5, 0.6) is 0 Å². The Bertz CT molecular complexity index is 721. The third-order valence-electron chi connectivity index (χ3n) is 4.78. The number of anilines is 1. The predicted octanol–water partition coefficient (Wildman–Crippen LogP) is 3.61. The van der Waals surface area contributed by atoms with Gasteiger partial charge in [0.1, 0.15) is 5.76 Å².